The summed E-state index contributed by atoms with van der Waals surface area (Å²) in [5.74, 6) is 0.285. The fourth-order valence-electron chi connectivity index (χ4n) is 1.89. The Morgan fingerprint density at radius 2 is 2.06 bits per heavy atom. The molecule has 6 heteroatoms. The van der Waals surface area contributed by atoms with Gasteiger partial charge in [-0.3, -0.25) is 4.79 Å². The lowest BCUT2D eigenvalue weighted by Crippen LogP contribution is -2.52. The van der Waals surface area contributed by atoms with Gasteiger partial charge in [0.2, 0.25) is 5.91 Å². The molecular weight excluding hydrogens is 252 g/mol. The van der Waals surface area contributed by atoms with Gasteiger partial charge < -0.3 is 10.6 Å². The second-order valence-electron chi connectivity index (χ2n) is 5.72. The van der Waals surface area contributed by atoms with Crippen LogP contribution < -0.4 is 10.6 Å². The number of amides is 1. The van der Waals surface area contributed by atoms with Crippen molar-refractivity contribution in [2.45, 2.75) is 58.2 Å². The Balaban J connectivity index is 2.46. The smallest absolute Gasteiger partial charge is 0.237 e. The summed E-state index contributed by atoms with van der Waals surface area (Å²) in [6.45, 7) is 7.73. The average molecular weight is 276 g/mol. The standard InChI is InChI=1S/C12H24N2O3S/c1-5-12(3,4)14-11(15)9(2)13-10-6-7-18(16,17)8-10/h9-10,13H,5-8H2,1-4H3,(H,14,15). The van der Waals surface area contributed by atoms with E-state index in [0.717, 1.165) is 6.42 Å². The van der Waals surface area contributed by atoms with Crippen LogP contribution in [0.2, 0.25) is 0 Å². The third-order valence-corrected chi connectivity index (χ3v) is 5.22. The van der Waals surface area contributed by atoms with E-state index in [0.29, 0.717) is 6.42 Å². The zero-order chi connectivity index (χ0) is 14.0. The molecule has 18 heavy (non-hydrogen) atoms. The lowest BCUT2D eigenvalue weighted by Gasteiger charge is -2.27. The van der Waals surface area contributed by atoms with Crippen LogP contribution in [0.1, 0.15) is 40.5 Å². The Hall–Kier alpha value is -0.620. The third-order valence-electron chi connectivity index (χ3n) is 3.46. The molecule has 5 nitrogen and oxygen atoms in total. The monoisotopic (exact) mass is 276 g/mol. The first-order chi connectivity index (χ1) is 8.15. The topological polar surface area (TPSA) is 75.3 Å². The molecule has 1 fully saturated rings. The molecule has 1 amide bonds. The molecule has 2 N–H and O–H groups in total. The maximum Gasteiger partial charge on any atom is 0.237 e. The number of nitrogens with one attached hydrogen (secondary N) is 2. The molecule has 1 aliphatic rings. The van der Waals surface area contributed by atoms with Gasteiger partial charge in [0, 0.05) is 11.6 Å². The van der Waals surface area contributed by atoms with Crippen LogP contribution in [0, 0.1) is 0 Å². The molecule has 0 spiro atoms. The molecule has 1 saturated heterocycles. The molecule has 0 bridgehead atoms. The van der Waals surface area contributed by atoms with Gasteiger partial charge in [-0.25, -0.2) is 8.42 Å². The summed E-state index contributed by atoms with van der Waals surface area (Å²) in [5, 5.41) is 6.04. The lowest BCUT2D eigenvalue weighted by molar-refractivity contribution is -0.124. The van der Waals surface area contributed by atoms with Gasteiger partial charge in [0.25, 0.3) is 0 Å². The second-order valence-corrected chi connectivity index (χ2v) is 7.94. The number of hydrogen-bond donors (Lipinski definition) is 2. The minimum absolute atomic E-state index is 0.0776. The molecule has 0 aromatic carbocycles. The van der Waals surface area contributed by atoms with Crippen LogP contribution in [-0.4, -0.2) is 43.5 Å². The fraction of sp³-hybridized carbons (Fsp3) is 0.917. The Morgan fingerprint density at radius 3 is 2.50 bits per heavy atom. The minimum Gasteiger partial charge on any atom is -0.350 e. The molecule has 1 aliphatic heterocycles. The molecule has 1 heterocycles. The Kier molecular flexibility index (Phi) is 4.78. The predicted octanol–water partition coefficient (Wildman–Crippen LogP) is 0.456. The van der Waals surface area contributed by atoms with Gasteiger partial charge in [0.1, 0.15) is 0 Å². The van der Waals surface area contributed by atoms with Crippen molar-refractivity contribution in [3.63, 3.8) is 0 Å². The van der Waals surface area contributed by atoms with Crippen molar-refractivity contribution >= 4 is 15.7 Å². The van der Waals surface area contributed by atoms with Crippen molar-refractivity contribution < 1.29 is 13.2 Å². The summed E-state index contributed by atoms with van der Waals surface area (Å²) in [7, 11) is -2.90. The van der Waals surface area contributed by atoms with E-state index < -0.39 is 9.84 Å². The van der Waals surface area contributed by atoms with Crippen molar-refractivity contribution in [1.82, 2.24) is 10.6 Å². The van der Waals surface area contributed by atoms with Crippen LogP contribution in [0.25, 0.3) is 0 Å². The van der Waals surface area contributed by atoms with E-state index in [2.05, 4.69) is 10.6 Å². The first-order valence-electron chi connectivity index (χ1n) is 6.44. The highest BCUT2D eigenvalue weighted by Gasteiger charge is 2.30. The molecule has 106 valence electrons. The molecular formula is C12H24N2O3S. The summed E-state index contributed by atoms with van der Waals surface area (Å²) in [5.41, 5.74) is -0.227. The highest BCUT2D eigenvalue weighted by molar-refractivity contribution is 7.91. The summed E-state index contributed by atoms with van der Waals surface area (Å²) < 4.78 is 22.7. The van der Waals surface area contributed by atoms with Crippen LogP contribution in [0.5, 0.6) is 0 Å². The second kappa shape index (κ2) is 5.57. The maximum atomic E-state index is 11.9. The molecule has 0 saturated carbocycles. The quantitative estimate of drug-likeness (QED) is 0.765. The Bertz CT molecular complexity index is 404. The van der Waals surface area contributed by atoms with E-state index in [-0.39, 0.29) is 35.0 Å². The Labute approximate surface area is 110 Å². The molecule has 2 atom stereocenters. The third kappa shape index (κ3) is 4.57. The van der Waals surface area contributed by atoms with Crippen LogP contribution in [0.4, 0.5) is 0 Å². The Morgan fingerprint density at radius 1 is 1.44 bits per heavy atom. The zero-order valence-electron chi connectivity index (χ0n) is 11.6. The van der Waals surface area contributed by atoms with Crippen LogP contribution >= 0.6 is 0 Å². The number of rotatable bonds is 5. The average Bonchev–Trinajstić information content (AvgIpc) is 2.57. The minimum atomic E-state index is -2.90. The summed E-state index contributed by atoms with van der Waals surface area (Å²) >= 11 is 0. The van der Waals surface area contributed by atoms with Crippen molar-refractivity contribution in [1.29, 1.82) is 0 Å². The first-order valence-corrected chi connectivity index (χ1v) is 8.26. The van der Waals surface area contributed by atoms with Crippen LogP contribution in [0.3, 0.4) is 0 Å². The number of carbonyl (C=O) groups excluding carboxylic acids is 1. The van der Waals surface area contributed by atoms with E-state index >= 15 is 0 Å². The highest BCUT2D eigenvalue weighted by atomic mass is 32.2. The summed E-state index contributed by atoms with van der Waals surface area (Å²) in [6, 6.07) is -0.463. The van der Waals surface area contributed by atoms with E-state index in [1.165, 1.54) is 0 Å². The number of carbonyl (C=O) groups is 1. The van der Waals surface area contributed by atoms with Gasteiger partial charge in [-0.15, -0.1) is 0 Å². The van der Waals surface area contributed by atoms with Gasteiger partial charge >= 0.3 is 0 Å². The van der Waals surface area contributed by atoms with E-state index in [9.17, 15) is 13.2 Å². The SMILES string of the molecule is CCC(C)(C)NC(=O)C(C)NC1CCS(=O)(=O)C1. The molecule has 0 aromatic heterocycles. The van der Waals surface area contributed by atoms with E-state index in [1.807, 2.05) is 20.8 Å². The van der Waals surface area contributed by atoms with Crippen molar-refractivity contribution in [2.75, 3.05) is 11.5 Å². The fourth-order valence-corrected chi connectivity index (χ4v) is 3.57. The van der Waals surface area contributed by atoms with Gasteiger partial charge in [-0.1, -0.05) is 6.92 Å². The molecule has 0 aromatic rings. The molecule has 0 aliphatic carbocycles. The van der Waals surface area contributed by atoms with Crippen LogP contribution in [-0.2, 0) is 14.6 Å². The first kappa shape index (κ1) is 15.4. The largest absolute Gasteiger partial charge is 0.350 e. The highest BCUT2D eigenvalue weighted by Crippen LogP contribution is 2.12. The summed E-state index contributed by atoms with van der Waals surface area (Å²) in [4.78, 5) is 11.9. The van der Waals surface area contributed by atoms with E-state index in [1.54, 1.807) is 6.92 Å². The van der Waals surface area contributed by atoms with Gasteiger partial charge in [0.15, 0.2) is 9.84 Å². The van der Waals surface area contributed by atoms with Crippen molar-refractivity contribution in [2.24, 2.45) is 0 Å². The molecule has 2 unspecified atom stereocenters. The maximum absolute atomic E-state index is 11.9. The summed E-state index contributed by atoms with van der Waals surface area (Å²) in [6.07, 6.45) is 1.44. The van der Waals surface area contributed by atoms with Gasteiger partial charge in [0.05, 0.1) is 17.5 Å². The normalized spacial score (nSPS) is 24.8. The van der Waals surface area contributed by atoms with Crippen molar-refractivity contribution in [3.8, 4) is 0 Å². The lowest BCUT2D eigenvalue weighted by atomic mass is 10.0. The predicted molar refractivity (Wildman–Crippen MR) is 72.2 cm³/mol. The number of sulfone groups is 1. The van der Waals surface area contributed by atoms with Crippen molar-refractivity contribution in [3.05, 3.63) is 0 Å². The van der Waals surface area contributed by atoms with Gasteiger partial charge in [-0.2, -0.15) is 0 Å². The van der Waals surface area contributed by atoms with E-state index in [4.69, 9.17) is 0 Å². The molecule has 1 rings (SSSR count). The van der Waals surface area contributed by atoms with Crippen LogP contribution in [0.15, 0.2) is 0 Å². The number of hydrogen-bond acceptors (Lipinski definition) is 4. The molecule has 0 radical (unpaired) electrons. The zero-order valence-corrected chi connectivity index (χ0v) is 12.4. The van der Waals surface area contributed by atoms with Gasteiger partial charge in [-0.05, 0) is 33.6 Å².